The third kappa shape index (κ3) is 46.0. The summed E-state index contributed by atoms with van der Waals surface area (Å²) in [6.07, 6.45) is 48.4. The lowest BCUT2D eigenvalue weighted by Gasteiger charge is -2.22. The van der Waals surface area contributed by atoms with E-state index in [0.29, 0.717) is 38.9 Å². The fraction of sp³-hybridized carbons (Fsp3) is 0.851. The van der Waals surface area contributed by atoms with Crippen molar-refractivity contribution >= 4 is 18.3 Å². The second-order valence-electron chi connectivity index (χ2n) is 15.1. The number of hydrogen-bond acceptors (Lipinski definition) is 6. The number of carbonyl (C=O) groups excluding carboxylic acids is 3. The molecule has 0 saturated heterocycles. The van der Waals surface area contributed by atoms with E-state index in [-0.39, 0.29) is 25.1 Å². The van der Waals surface area contributed by atoms with Crippen LogP contribution in [0.3, 0.4) is 0 Å². The Kier molecular flexibility index (Phi) is 48.8. The van der Waals surface area contributed by atoms with Crippen LogP contribution in [0.5, 0.6) is 0 Å². The molecule has 0 aromatic carbocycles. The van der Waals surface area contributed by atoms with Gasteiger partial charge in [0.25, 0.3) is 6.47 Å². The van der Waals surface area contributed by atoms with Crippen LogP contribution in [0.15, 0.2) is 24.3 Å². The number of allylic oxidation sites excluding steroid dienone is 4. The Morgan fingerprint density at radius 1 is 0.481 bits per heavy atom. The van der Waals surface area contributed by atoms with Crippen LogP contribution in [0.25, 0.3) is 0 Å². The summed E-state index contributed by atoms with van der Waals surface area (Å²) in [5.74, 6) is -0.234. The van der Waals surface area contributed by atoms with Crippen LogP contribution in [0.4, 0.5) is 0 Å². The van der Waals surface area contributed by atoms with Crippen molar-refractivity contribution in [2.24, 2.45) is 5.73 Å². The number of esters is 1. The zero-order valence-corrected chi connectivity index (χ0v) is 36.1. The molecule has 0 saturated carbocycles. The summed E-state index contributed by atoms with van der Waals surface area (Å²) in [5.41, 5.74) is 5.49. The summed E-state index contributed by atoms with van der Waals surface area (Å²) >= 11 is 0. The van der Waals surface area contributed by atoms with E-state index in [4.69, 9.17) is 15.2 Å². The highest BCUT2D eigenvalue weighted by Gasteiger charge is 2.14. The van der Waals surface area contributed by atoms with Crippen molar-refractivity contribution in [3.05, 3.63) is 24.3 Å². The first-order chi connectivity index (χ1) is 26.6. The molecule has 0 fully saturated rings. The first kappa shape index (κ1) is 54.0. The maximum Gasteiger partial charge on any atom is 0.305 e. The highest BCUT2D eigenvalue weighted by molar-refractivity contribution is 5.76. The molecule has 0 heterocycles. The Balaban J connectivity index is 0. The summed E-state index contributed by atoms with van der Waals surface area (Å²) in [6, 6.07) is 0. The highest BCUT2D eigenvalue weighted by Crippen LogP contribution is 2.12. The lowest BCUT2D eigenvalue weighted by molar-refractivity contribution is -0.146. The van der Waals surface area contributed by atoms with Crippen molar-refractivity contribution in [3.63, 3.8) is 0 Å². The van der Waals surface area contributed by atoms with E-state index in [1.165, 1.54) is 148 Å². The van der Waals surface area contributed by atoms with Gasteiger partial charge in [-0.25, -0.2) is 0 Å². The Bertz CT molecular complexity index is 813. The van der Waals surface area contributed by atoms with Crippen molar-refractivity contribution in [1.82, 2.24) is 4.90 Å². The van der Waals surface area contributed by atoms with Gasteiger partial charge in [-0.2, -0.15) is 0 Å². The average Bonchev–Trinajstić information content (AvgIpc) is 3.17. The van der Waals surface area contributed by atoms with Crippen LogP contribution in [0, 0.1) is 0 Å². The van der Waals surface area contributed by atoms with Crippen LogP contribution in [0.2, 0.25) is 0 Å². The summed E-state index contributed by atoms with van der Waals surface area (Å²) in [7, 11) is 0. The molecule has 1 amide bonds. The van der Waals surface area contributed by atoms with Gasteiger partial charge in [0.15, 0.2) is 0 Å². The number of nitrogens with two attached hydrogens (primary N) is 1. The fourth-order valence-electron chi connectivity index (χ4n) is 6.33. The molecule has 0 rings (SSSR count). The van der Waals surface area contributed by atoms with Crippen molar-refractivity contribution < 1.29 is 23.9 Å². The number of nitrogens with zero attached hydrogens (tertiary/aromatic N) is 1. The van der Waals surface area contributed by atoms with Gasteiger partial charge in [-0.3, -0.25) is 14.4 Å². The SMILES string of the molecule is CCCCCCCC/C=C\CCCCCCCC.CCCCCCCC/C=C\CCCCCCCC(=O)OCCN(CCOC=O)C(=O)CCCCCN. The lowest BCUT2D eigenvalue weighted by atomic mass is 10.1. The van der Waals surface area contributed by atoms with Gasteiger partial charge in [-0.05, 0) is 77.2 Å². The van der Waals surface area contributed by atoms with Crippen LogP contribution >= 0.6 is 0 Å². The minimum absolute atomic E-state index is 0.0187. The largest absolute Gasteiger partial charge is 0.466 e. The molecule has 2 N–H and O–H groups in total. The van der Waals surface area contributed by atoms with Gasteiger partial charge in [0.2, 0.25) is 5.91 Å². The van der Waals surface area contributed by atoms with E-state index >= 15 is 0 Å². The molecule has 0 bridgehead atoms. The lowest BCUT2D eigenvalue weighted by Crippen LogP contribution is -2.37. The maximum absolute atomic E-state index is 12.4. The first-order valence-electron chi connectivity index (χ1n) is 23.1. The molecule has 7 heteroatoms. The van der Waals surface area contributed by atoms with Crippen LogP contribution in [0.1, 0.15) is 226 Å². The molecule has 0 radical (unpaired) electrons. The molecule has 0 spiro atoms. The third-order valence-electron chi connectivity index (χ3n) is 9.88. The van der Waals surface area contributed by atoms with Crippen molar-refractivity contribution in [1.29, 1.82) is 0 Å². The summed E-state index contributed by atoms with van der Waals surface area (Å²) in [4.78, 5) is 36.4. The summed E-state index contributed by atoms with van der Waals surface area (Å²) in [5, 5.41) is 0. The highest BCUT2D eigenvalue weighted by atomic mass is 16.5. The van der Waals surface area contributed by atoms with Gasteiger partial charge in [-0.15, -0.1) is 0 Å². The Hall–Kier alpha value is -2.15. The number of rotatable bonds is 41. The van der Waals surface area contributed by atoms with Crippen LogP contribution < -0.4 is 5.73 Å². The summed E-state index contributed by atoms with van der Waals surface area (Å²) < 4.78 is 10.0. The molecule has 0 aromatic rings. The zero-order chi connectivity index (χ0) is 39.8. The molecule has 0 aromatic heterocycles. The second kappa shape index (κ2) is 48.9. The van der Waals surface area contributed by atoms with E-state index < -0.39 is 0 Å². The Morgan fingerprint density at radius 3 is 1.28 bits per heavy atom. The van der Waals surface area contributed by atoms with Crippen LogP contribution in [-0.2, 0) is 23.9 Å². The number of unbranched alkanes of at least 4 members (excludes halogenated alkanes) is 25. The normalized spacial score (nSPS) is 11.2. The number of amides is 1. The summed E-state index contributed by atoms with van der Waals surface area (Å²) in [6.45, 7) is 8.74. The Morgan fingerprint density at radius 2 is 0.852 bits per heavy atom. The van der Waals surface area contributed by atoms with E-state index in [1.54, 1.807) is 4.90 Å². The monoisotopic (exact) mass is 763 g/mol. The zero-order valence-electron chi connectivity index (χ0n) is 36.1. The Labute approximate surface area is 335 Å². The maximum atomic E-state index is 12.4. The molecular formula is C47H90N2O5. The fourth-order valence-corrected chi connectivity index (χ4v) is 6.33. The number of ether oxygens (including phenoxy) is 2. The van der Waals surface area contributed by atoms with Crippen molar-refractivity contribution in [3.8, 4) is 0 Å². The van der Waals surface area contributed by atoms with Gasteiger partial charge in [0.05, 0.1) is 13.1 Å². The van der Waals surface area contributed by atoms with E-state index in [1.807, 2.05) is 0 Å². The number of hydrogen-bond donors (Lipinski definition) is 1. The minimum atomic E-state index is -0.216. The van der Waals surface area contributed by atoms with Gasteiger partial charge in [-0.1, -0.05) is 167 Å². The van der Waals surface area contributed by atoms with Gasteiger partial charge in [0.1, 0.15) is 13.2 Å². The molecule has 54 heavy (non-hydrogen) atoms. The first-order valence-corrected chi connectivity index (χ1v) is 23.1. The van der Waals surface area contributed by atoms with E-state index in [9.17, 15) is 14.4 Å². The van der Waals surface area contributed by atoms with Gasteiger partial charge < -0.3 is 20.1 Å². The standard InChI is InChI=1S/C29H54N2O5.C18H36/c1-2-3-4-5-6-7-8-9-10-11-12-13-14-15-18-21-29(34)36-26-24-31(23-25-35-27-32)28(33)20-17-16-19-22-30;1-3-5-7-9-11-13-15-17-18-16-14-12-10-8-6-4-2/h9-10,27H,2-8,11-26,30H2,1H3;17-18H,3-16H2,1-2H3/b10-9-;18-17-. The molecule has 318 valence electrons. The quantitative estimate of drug-likeness (QED) is 0.0288. The minimum Gasteiger partial charge on any atom is -0.466 e. The van der Waals surface area contributed by atoms with Crippen LogP contribution in [-0.4, -0.2) is 56.1 Å². The molecule has 0 atom stereocenters. The molecule has 0 aliphatic rings. The smallest absolute Gasteiger partial charge is 0.305 e. The molecule has 0 unspecified atom stereocenters. The van der Waals surface area contributed by atoms with Gasteiger partial charge >= 0.3 is 5.97 Å². The molecule has 7 nitrogen and oxygen atoms in total. The van der Waals surface area contributed by atoms with Crippen molar-refractivity contribution in [2.75, 3.05) is 32.8 Å². The van der Waals surface area contributed by atoms with Crippen molar-refractivity contribution in [2.45, 2.75) is 226 Å². The predicted octanol–water partition coefficient (Wildman–Crippen LogP) is 13.1. The predicted molar refractivity (Wildman–Crippen MR) is 232 cm³/mol. The third-order valence-corrected chi connectivity index (χ3v) is 9.88. The number of carbonyl (C=O) groups is 3. The molecular weight excluding hydrogens is 673 g/mol. The van der Waals surface area contributed by atoms with E-state index in [2.05, 4.69) is 45.1 Å². The van der Waals surface area contributed by atoms with Gasteiger partial charge in [0, 0.05) is 12.8 Å². The molecule has 0 aliphatic carbocycles. The second-order valence-corrected chi connectivity index (χ2v) is 15.1. The average molecular weight is 763 g/mol. The molecule has 0 aliphatic heterocycles. The topological polar surface area (TPSA) is 98.9 Å². The van der Waals surface area contributed by atoms with E-state index in [0.717, 1.165) is 44.9 Å².